The van der Waals surface area contributed by atoms with Gasteiger partial charge in [0.25, 0.3) is 0 Å². The summed E-state index contributed by atoms with van der Waals surface area (Å²) in [6.45, 7) is 1.27. The first-order chi connectivity index (χ1) is 5.79. The molecule has 2 bridgehead atoms. The minimum Gasteiger partial charge on any atom is -0.311 e. The summed E-state index contributed by atoms with van der Waals surface area (Å²) in [7, 11) is 2.31. The maximum Gasteiger partial charge on any atom is 0.0223 e. The zero-order chi connectivity index (χ0) is 8.18. The van der Waals surface area contributed by atoms with E-state index in [-0.39, 0.29) is 0 Å². The second-order valence-electron chi connectivity index (χ2n) is 4.92. The monoisotopic (exact) mass is 166 g/mol. The minimum absolute atomic E-state index is 0.596. The van der Waals surface area contributed by atoms with Crippen LogP contribution in [0.2, 0.25) is 0 Å². The zero-order valence-electron chi connectivity index (χ0n) is 7.84. The van der Waals surface area contributed by atoms with Gasteiger partial charge in [0.15, 0.2) is 0 Å². The smallest absolute Gasteiger partial charge is 0.0223 e. The quantitative estimate of drug-likeness (QED) is 0.577. The van der Waals surface area contributed by atoms with Gasteiger partial charge in [-0.15, -0.1) is 0 Å². The van der Waals surface area contributed by atoms with E-state index in [1.807, 2.05) is 0 Å². The summed E-state index contributed by atoms with van der Waals surface area (Å²) in [5.41, 5.74) is 0.596. The third kappa shape index (κ3) is 0.826. The molecule has 0 aromatic rings. The highest BCUT2D eigenvalue weighted by atomic mass is 15.2. The maximum atomic E-state index is 3.66. The Bertz CT molecular complexity index is 182. The molecule has 12 heavy (non-hydrogen) atoms. The molecule has 0 saturated carbocycles. The second kappa shape index (κ2) is 2.24. The van der Waals surface area contributed by atoms with Crippen LogP contribution in [0.15, 0.2) is 0 Å². The lowest BCUT2D eigenvalue weighted by Crippen LogP contribution is -2.64. The number of nitrogens with one attached hydrogen (secondary N) is 1. The third-order valence-corrected chi connectivity index (χ3v) is 4.34. The van der Waals surface area contributed by atoms with Gasteiger partial charge in [0.2, 0.25) is 0 Å². The van der Waals surface area contributed by atoms with Gasteiger partial charge >= 0.3 is 0 Å². The van der Waals surface area contributed by atoms with Gasteiger partial charge in [-0.1, -0.05) is 0 Å². The summed E-state index contributed by atoms with van der Waals surface area (Å²) in [4.78, 5) is 2.62. The Balaban J connectivity index is 1.82. The van der Waals surface area contributed by atoms with Crippen LogP contribution in [0.1, 0.15) is 32.1 Å². The lowest BCUT2D eigenvalue weighted by atomic mass is 9.76. The largest absolute Gasteiger partial charge is 0.311 e. The van der Waals surface area contributed by atoms with Crippen LogP contribution >= 0.6 is 0 Å². The van der Waals surface area contributed by atoms with Gasteiger partial charge in [-0.2, -0.15) is 0 Å². The standard InChI is InChI=1S/C10H18N2/c1-12-8-2-3-9(12)7-10(6-8)4-5-11-10/h8-9,11H,2-7H2,1H3. The predicted octanol–water partition coefficient (Wildman–Crippen LogP) is 0.975. The average Bonchev–Trinajstić information content (AvgIpc) is 2.27. The van der Waals surface area contributed by atoms with E-state index in [4.69, 9.17) is 0 Å². The molecule has 0 aromatic carbocycles. The van der Waals surface area contributed by atoms with Crippen LogP contribution in [-0.4, -0.2) is 36.1 Å². The minimum atomic E-state index is 0.596. The summed E-state index contributed by atoms with van der Waals surface area (Å²) >= 11 is 0. The molecule has 3 fully saturated rings. The third-order valence-electron chi connectivity index (χ3n) is 4.34. The highest BCUT2D eigenvalue weighted by Crippen LogP contribution is 2.43. The first kappa shape index (κ1) is 7.34. The van der Waals surface area contributed by atoms with E-state index in [1.54, 1.807) is 0 Å². The summed E-state index contributed by atoms with van der Waals surface area (Å²) in [5.74, 6) is 0. The zero-order valence-corrected chi connectivity index (χ0v) is 7.84. The normalized spacial score (nSPS) is 52.8. The second-order valence-corrected chi connectivity index (χ2v) is 4.92. The number of hydrogen-bond acceptors (Lipinski definition) is 2. The molecule has 0 aliphatic carbocycles. The van der Waals surface area contributed by atoms with Crippen molar-refractivity contribution in [1.29, 1.82) is 0 Å². The molecule has 2 nitrogen and oxygen atoms in total. The molecule has 0 aromatic heterocycles. The van der Waals surface area contributed by atoms with Gasteiger partial charge in [0, 0.05) is 17.6 Å². The predicted molar refractivity (Wildman–Crippen MR) is 49.2 cm³/mol. The Morgan fingerprint density at radius 3 is 2.25 bits per heavy atom. The molecule has 2 unspecified atom stereocenters. The number of hydrogen-bond donors (Lipinski definition) is 1. The van der Waals surface area contributed by atoms with Crippen molar-refractivity contribution < 1.29 is 0 Å². The molecule has 3 saturated heterocycles. The van der Waals surface area contributed by atoms with Crippen molar-refractivity contribution >= 4 is 0 Å². The van der Waals surface area contributed by atoms with E-state index in [2.05, 4.69) is 17.3 Å². The number of nitrogens with zero attached hydrogens (tertiary/aromatic N) is 1. The number of fused-ring (bicyclic) bond motifs is 2. The van der Waals surface area contributed by atoms with Gasteiger partial charge in [0.1, 0.15) is 0 Å². The fourth-order valence-electron chi connectivity index (χ4n) is 3.39. The SMILES string of the molecule is CN1C2CCC1CC1(CCN1)C2. The molecule has 1 N–H and O–H groups in total. The lowest BCUT2D eigenvalue weighted by Gasteiger charge is -2.51. The van der Waals surface area contributed by atoms with Crippen molar-refractivity contribution in [3.05, 3.63) is 0 Å². The van der Waals surface area contributed by atoms with Crippen molar-refractivity contribution in [2.24, 2.45) is 0 Å². The average molecular weight is 166 g/mol. The number of rotatable bonds is 0. The molecule has 68 valence electrons. The van der Waals surface area contributed by atoms with E-state index >= 15 is 0 Å². The van der Waals surface area contributed by atoms with Crippen LogP contribution in [-0.2, 0) is 0 Å². The Kier molecular flexibility index (Phi) is 1.37. The fourth-order valence-corrected chi connectivity index (χ4v) is 3.39. The van der Waals surface area contributed by atoms with Gasteiger partial charge in [-0.3, -0.25) is 0 Å². The lowest BCUT2D eigenvalue weighted by molar-refractivity contribution is 0.0487. The van der Waals surface area contributed by atoms with Crippen LogP contribution < -0.4 is 5.32 Å². The van der Waals surface area contributed by atoms with Gasteiger partial charge in [-0.05, 0) is 45.7 Å². The van der Waals surface area contributed by atoms with E-state index in [0.717, 1.165) is 12.1 Å². The molecule has 2 heteroatoms. The van der Waals surface area contributed by atoms with Crippen molar-refractivity contribution in [3.63, 3.8) is 0 Å². The summed E-state index contributed by atoms with van der Waals surface area (Å²) < 4.78 is 0. The topological polar surface area (TPSA) is 15.3 Å². The summed E-state index contributed by atoms with van der Waals surface area (Å²) in [5, 5.41) is 3.66. The van der Waals surface area contributed by atoms with E-state index < -0.39 is 0 Å². The van der Waals surface area contributed by atoms with E-state index in [0.29, 0.717) is 5.54 Å². The molecule has 3 aliphatic heterocycles. The molecular weight excluding hydrogens is 148 g/mol. The fraction of sp³-hybridized carbons (Fsp3) is 1.00. The van der Waals surface area contributed by atoms with Crippen molar-refractivity contribution in [3.8, 4) is 0 Å². The maximum absolute atomic E-state index is 3.66. The molecule has 1 spiro atoms. The molecular formula is C10H18N2. The van der Waals surface area contributed by atoms with E-state index in [9.17, 15) is 0 Å². The highest BCUT2D eigenvalue weighted by molar-refractivity contribution is 5.08. The molecule has 3 heterocycles. The summed E-state index contributed by atoms with van der Waals surface area (Å²) in [6, 6.07) is 1.80. The van der Waals surface area contributed by atoms with Crippen molar-refractivity contribution in [2.75, 3.05) is 13.6 Å². The van der Waals surface area contributed by atoms with Crippen LogP contribution in [0.25, 0.3) is 0 Å². The first-order valence-electron chi connectivity index (χ1n) is 5.26. The Morgan fingerprint density at radius 1 is 1.25 bits per heavy atom. The Morgan fingerprint density at radius 2 is 1.83 bits per heavy atom. The van der Waals surface area contributed by atoms with E-state index in [1.165, 1.54) is 38.6 Å². The Labute approximate surface area is 74.3 Å². The molecule has 3 aliphatic rings. The molecule has 0 amide bonds. The van der Waals surface area contributed by atoms with Crippen LogP contribution in [0.4, 0.5) is 0 Å². The summed E-state index contributed by atoms with van der Waals surface area (Å²) in [6.07, 6.45) is 7.17. The number of piperidine rings is 1. The van der Waals surface area contributed by atoms with Crippen molar-refractivity contribution in [2.45, 2.75) is 49.7 Å². The van der Waals surface area contributed by atoms with Crippen LogP contribution in [0.3, 0.4) is 0 Å². The van der Waals surface area contributed by atoms with Gasteiger partial charge < -0.3 is 10.2 Å². The van der Waals surface area contributed by atoms with Crippen molar-refractivity contribution in [1.82, 2.24) is 10.2 Å². The Hall–Kier alpha value is -0.0800. The highest BCUT2D eigenvalue weighted by Gasteiger charge is 2.49. The first-order valence-corrected chi connectivity index (χ1v) is 5.26. The molecule has 0 radical (unpaired) electrons. The van der Waals surface area contributed by atoms with Crippen LogP contribution in [0, 0.1) is 0 Å². The van der Waals surface area contributed by atoms with Gasteiger partial charge in [0.05, 0.1) is 0 Å². The van der Waals surface area contributed by atoms with Crippen LogP contribution in [0.5, 0.6) is 0 Å². The molecule has 2 atom stereocenters. The molecule has 3 rings (SSSR count). The van der Waals surface area contributed by atoms with Gasteiger partial charge in [-0.25, -0.2) is 0 Å².